The van der Waals surface area contributed by atoms with E-state index in [1.165, 1.54) is 0 Å². The van der Waals surface area contributed by atoms with Gasteiger partial charge in [0.15, 0.2) is 0 Å². The maximum atomic E-state index is 13.1. The highest BCUT2D eigenvalue weighted by atomic mass is 16.2. The molecular weight excluding hydrogens is 496 g/mol. The summed E-state index contributed by atoms with van der Waals surface area (Å²) in [4.78, 5) is 30.5. The maximum absolute atomic E-state index is 13.1. The number of aromatic nitrogens is 1. The Hall–Kier alpha value is -3.51. The molecule has 0 unspecified atom stereocenters. The predicted octanol–water partition coefficient (Wildman–Crippen LogP) is 6.66. The largest absolute Gasteiger partial charge is 0.359 e. The number of amides is 2. The summed E-state index contributed by atoms with van der Waals surface area (Å²) in [5.41, 5.74) is 11.4. The monoisotopic (exact) mass is 538 g/mol. The highest BCUT2D eigenvalue weighted by Crippen LogP contribution is 2.53. The van der Waals surface area contributed by atoms with Gasteiger partial charge in [0.25, 0.3) is 0 Å². The first kappa shape index (κ1) is 28.0. The molecule has 3 aromatic rings. The Balaban J connectivity index is 1.27. The minimum atomic E-state index is -0.412. The molecule has 2 aromatic carbocycles. The number of pyridine rings is 1. The van der Waals surface area contributed by atoms with Crippen LogP contribution < -0.4 is 16.4 Å². The highest BCUT2D eigenvalue weighted by molar-refractivity contribution is 5.93. The van der Waals surface area contributed by atoms with Crippen molar-refractivity contribution >= 4 is 17.5 Å². The lowest BCUT2D eigenvalue weighted by atomic mass is 9.56. The third-order valence-electron chi connectivity index (χ3n) is 9.19. The maximum Gasteiger partial charge on any atom is 0.226 e. The molecule has 1 aromatic heterocycles. The molecule has 4 N–H and O–H groups in total. The fourth-order valence-corrected chi connectivity index (χ4v) is 6.68. The van der Waals surface area contributed by atoms with Crippen molar-refractivity contribution in [2.45, 2.75) is 70.8 Å². The van der Waals surface area contributed by atoms with Gasteiger partial charge in [0, 0.05) is 30.1 Å². The molecular formula is C34H42N4O2. The summed E-state index contributed by atoms with van der Waals surface area (Å²) in [6.07, 6.45) is 9.45. The summed E-state index contributed by atoms with van der Waals surface area (Å²) >= 11 is 0. The Morgan fingerprint density at radius 1 is 0.975 bits per heavy atom. The smallest absolute Gasteiger partial charge is 0.226 e. The molecule has 40 heavy (non-hydrogen) atoms. The van der Waals surface area contributed by atoms with E-state index >= 15 is 0 Å². The van der Waals surface area contributed by atoms with Crippen molar-refractivity contribution < 1.29 is 9.59 Å². The number of nitrogens with two attached hydrogens (primary N) is 1. The summed E-state index contributed by atoms with van der Waals surface area (Å²) < 4.78 is 0. The fourth-order valence-electron chi connectivity index (χ4n) is 6.68. The molecule has 6 heteroatoms. The highest BCUT2D eigenvalue weighted by Gasteiger charge is 2.50. The second-order valence-electron chi connectivity index (χ2n) is 12.3. The van der Waals surface area contributed by atoms with Crippen LogP contribution >= 0.6 is 0 Å². The third-order valence-corrected chi connectivity index (χ3v) is 9.19. The minimum Gasteiger partial charge on any atom is -0.359 e. The number of anilines is 1. The number of benzene rings is 2. The minimum absolute atomic E-state index is 0.0243. The van der Waals surface area contributed by atoms with Crippen LogP contribution in [-0.2, 0) is 15.1 Å². The number of hydrogen-bond acceptors (Lipinski definition) is 4. The van der Waals surface area contributed by atoms with Crippen LogP contribution in [-0.4, -0.2) is 23.8 Å². The quantitative estimate of drug-likeness (QED) is 0.299. The number of nitrogens with one attached hydrogen (secondary N) is 2. The zero-order valence-corrected chi connectivity index (χ0v) is 24.0. The van der Waals surface area contributed by atoms with Crippen LogP contribution in [0.3, 0.4) is 0 Å². The summed E-state index contributed by atoms with van der Waals surface area (Å²) in [5, 5.41) is 6.02. The molecule has 0 radical (unpaired) electrons. The molecule has 210 valence electrons. The van der Waals surface area contributed by atoms with Gasteiger partial charge in [-0.05, 0) is 81.4 Å². The van der Waals surface area contributed by atoms with Gasteiger partial charge in [-0.1, -0.05) is 61.0 Å². The third kappa shape index (κ3) is 5.83. The first-order chi connectivity index (χ1) is 19.2. The van der Waals surface area contributed by atoms with Gasteiger partial charge in [-0.2, -0.15) is 0 Å². The lowest BCUT2D eigenvalue weighted by Gasteiger charge is -2.48. The van der Waals surface area contributed by atoms with Gasteiger partial charge in [0.1, 0.15) is 0 Å². The van der Waals surface area contributed by atoms with Crippen LogP contribution in [0.1, 0.15) is 70.8 Å². The van der Waals surface area contributed by atoms with Crippen molar-refractivity contribution in [1.82, 2.24) is 10.3 Å². The van der Waals surface area contributed by atoms with E-state index in [-0.39, 0.29) is 17.2 Å². The molecule has 2 aliphatic rings. The first-order valence-electron chi connectivity index (χ1n) is 14.7. The average Bonchev–Trinajstić information content (AvgIpc) is 2.93. The Morgan fingerprint density at radius 2 is 1.65 bits per heavy atom. The molecule has 0 saturated heterocycles. The van der Waals surface area contributed by atoms with E-state index in [4.69, 9.17) is 10.7 Å². The molecule has 0 bridgehead atoms. The molecule has 1 heterocycles. The SMILES string of the molecule is CNC(=O)C1(C2CCC(CC(=O)Nc3cnc(-c4ccc(C(C)(C)N)cc4)c(-c4ccccc4)c3)CC2)CCC1. The number of hydrogen-bond donors (Lipinski definition) is 3. The van der Waals surface area contributed by atoms with E-state index < -0.39 is 5.54 Å². The van der Waals surface area contributed by atoms with E-state index in [0.717, 1.165) is 72.9 Å². The van der Waals surface area contributed by atoms with Gasteiger partial charge in [0.05, 0.1) is 23.0 Å². The van der Waals surface area contributed by atoms with Gasteiger partial charge in [-0.3, -0.25) is 14.6 Å². The number of nitrogens with zero attached hydrogens (tertiary/aromatic N) is 1. The van der Waals surface area contributed by atoms with Crippen molar-refractivity contribution in [1.29, 1.82) is 0 Å². The van der Waals surface area contributed by atoms with E-state index in [1.54, 1.807) is 13.2 Å². The van der Waals surface area contributed by atoms with Crippen LogP contribution in [0.4, 0.5) is 5.69 Å². The molecule has 2 saturated carbocycles. The second kappa shape index (κ2) is 11.5. The van der Waals surface area contributed by atoms with Crippen LogP contribution in [0.2, 0.25) is 0 Å². The Kier molecular flexibility index (Phi) is 8.09. The van der Waals surface area contributed by atoms with Crippen LogP contribution in [0.25, 0.3) is 22.4 Å². The molecule has 0 atom stereocenters. The Morgan fingerprint density at radius 3 is 2.23 bits per heavy atom. The van der Waals surface area contributed by atoms with Gasteiger partial charge in [-0.25, -0.2) is 0 Å². The lowest BCUT2D eigenvalue weighted by molar-refractivity contribution is -0.142. The Labute approximate surface area is 238 Å². The molecule has 5 rings (SSSR count). The number of carbonyl (C=O) groups is 2. The van der Waals surface area contributed by atoms with Crippen molar-refractivity contribution in [3.05, 3.63) is 72.4 Å². The summed E-state index contributed by atoms with van der Waals surface area (Å²) in [6.45, 7) is 3.99. The topological polar surface area (TPSA) is 97.1 Å². The number of rotatable bonds is 8. The average molecular weight is 539 g/mol. The van der Waals surface area contributed by atoms with Crippen molar-refractivity contribution in [3.8, 4) is 22.4 Å². The van der Waals surface area contributed by atoms with E-state index in [0.29, 0.717) is 23.9 Å². The van der Waals surface area contributed by atoms with Crippen LogP contribution in [0, 0.1) is 17.3 Å². The standard InChI is InChI=1S/C34H42N4O2/c1-33(2,35)26-16-12-25(13-17-26)31-29(24-8-5-4-6-9-24)21-28(22-37-31)38-30(39)20-23-10-14-27(15-11-23)34(18-7-19-34)32(40)36-3/h4-6,8-9,12-13,16-17,21-23,27H,7,10-11,14-15,18-20,35H2,1-3H3,(H,36,40)(H,38,39). The fraction of sp³-hybridized carbons (Fsp3) is 0.441. The van der Waals surface area contributed by atoms with Gasteiger partial charge in [-0.15, -0.1) is 0 Å². The first-order valence-corrected chi connectivity index (χ1v) is 14.7. The Bertz CT molecular complexity index is 1330. The number of carbonyl (C=O) groups excluding carboxylic acids is 2. The van der Waals surface area contributed by atoms with Crippen molar-refractivity contribution in [3.63, 3.8) is 0 Å². The molecule has 2 amide bonds. The molecule has 6 nitrogen and oxygen atoms in total. The zero-order chi connectivity index (χ0) is 28.3. The molecule has 0 spiro atoms. The molecule has 0 aliphatic heterocycles. The van der Waals surface area contributed by atoms with E-state index in [2.05, 4.69) is 47.0 Å². The van der Waals surface area contributed by atoms with Gasteiger partial charge in [0.2, 0.25) is 11.8 Å². The summed E-state index contributed by atoms with van der Waals surface area (Å²) in [7, 11) is 1.75. The summed E-state index contributed by atoms with van der Waals surface area (Å²) in [6, 6.07) is 20.4. The summed E-state index contributed by atoms with van der Waals surface area (Å²) in [5.74, 6) is 1.03. The van der Waals surface area contributed by atoms with E-state index in [1.807, 2.05) is 38.1 Å². The normalized spacial score (nSPS) is 20.3. The second-order valence-corrected chi connectivity index (χ2v) is 12.3. The molecule has 2 aliphatic carbocycles. The van der Waals surface area contributed by atoms with Crippen LogP contribution in [0.15, 0.2) is 66.9 Å². The predicted molar refractivity (Wildman–Crippen MR) is 161 cm³/mol. The van der Waals surface area contributed by atoms with Crippen LogP contribution in [0.5, 0.6) is 0 Å². The molecule has 2 fully saturated rings. The van der Waals surface area contributed by atoms with Gasteiger partial charge < -0.3 is 16.4 Å². The van der Waals surface area contributed by atoms with Crippen molar-refractivity contribution in [2.24, 2.45) is 23.0 Å². The van der Waals surface area contributed by atoms with Crippen molar-refractivity contribution in [2.75, 3.05) is 12.4 Å². The zero-order valence-electron chi connectivity index (χ0n) is 24.0. The van der Waals surface area contributed by atoms with E-state index in [9.17, 15) is 9.59 Å². The lowest BCUT2D eigenvalue weighted by Crippen LogP contribution is -2.50. The van der Waals surface area contributed by atoms with Gasteiger partial charge >= 0.3 is 0 Å².